The van der Waals surface area contributed by atoms with E-state index in [-0.39, 0.29) is 13.1 Å². The number of hydrogen-bond donors (Lipinski definition) is 0. The first kappa shape index (κ1) is 10.2. The number of rotatable bonds is 1. The first-order valence-corrected chi connectivity index (χ1v) is 5.22. The van der Waals surface area contributed by atoms with E-state index in [9.17, 15) is 14.4 Å². The van der Waals surface area contributed by atoms with Gasteiger partial charge in [0.05, 0.1) is 12.2 Å². The van der Waals surface area contributed by atoms with Gasteiger partial charge in [0.15, 0.2) is 0 Å². The van der Waals surface area contributed by atoms with Crippen molar-refractivity contribution in [3.05, 3.63) is 0 Å². The van der Waals surface area contributed by atoms with E-state index in [1.807, 2.05) is 0 Å². The second-order valence-corrected chi connectivity index (χ2v) is 4.97. The topological polar surface area (TPSA) is 75.7 Å². The highest BCUT2D eigenvalue weighted by atomic mass is 31.2. The summed E-state index contributed by atoms with van der Waals surface area (Å²) in [6.07, 6.45) is 0. The predicted molar refractivity (Wildman–Crippen MR) is 39.2 cm³/mol. The van der Waals surface area contributed by atoms with Crippen LogP contribution in [0, 0.1) is 0 Å². The Morgan fingerprint density at radius 3 is 2.42 bits per heavy atom. The molecule has 1 aliphatic rings. The molecule has 0 aromatic heterocycles. The molecule has 0 amide bonds. The average molecular weight is 193 g/mol. The smallest absolute Gasteiger partial charge is 0.0757 e. The quantitative estimate of drug-likeness (QED) is 0.495. The third-order valence-electron chi connectivity index (χ3n) is 1.75. The van der Waals surface area contributed by atoms with E-state index in [2.05, 4.69) is 0 Å². The van der Waals surface area contributed by atoms with Crippen LogP contribution in [0.1, 0.15) is 13.8 Å². The number of hydrogen-bond acceptors (Lipinski definition) is 4. The fourth-order valence-electron chi connectivity index (χ4n) is 1.20. The molecule has 6 heteroatoms. The summed E-state index contributed by atoms with van der Waals surface area (Å²) in [6.45, 7) is 4.14. The molecule has 0 spiro atoms. The van der Waals surface area contributed by atoms with Crippen molar-refractivity contribution in [2.24, 2.45) is 0 Å². The maximum absolute atomic E-state index is 10.6. The maximum atomic E-state index is 10.6. The third-order valence-corrected chi connectivity index (χ3v) is 2.79. The molecule has 0 saturated carbocycles. The first-order valence-electron chi connectivity index (χ1n) is 3.73. The van der Waals surface area contributed by atoms with Crippen molar-refractivity contribution in [2.45, 2.75) is 19.4 Å². The highest BCUT2D eigenvalue weighted by molar-refractivity contribution is 7.46. The zero-order valence-corrected chi connectivity index (χ0v) is 8.04. The van der Waals surface area contributed by atoms with Crippen molar-refractivity contribution in [1.82, 2.24) is 4.67 Å². The van der Waals surface area contributed by atoms with Crippen LogP contribution in [-0.4, -0.2) is 30.0 Å². The van der Waals surface area contributed by atoms with Crippen LogP contribution < -0.4 is 9.79 Å². The molecule has 0 atom stereocenters. The van der Waals surface area contributed by atoms with Gasteiger partial charge in [-0.05, 0) is 13.8 Å². The van der Waals surface area contributed by atoms with E-state index in [1.165, 1.54) is 0 Å². The van der Waals surface area contributed by atoms with Crippen molar-refractivity contribution in [2.75, 3.05) is 19.7 Å². The van der Waals surface area contributed by atoms with Crippen molar-refractivity contribution >= 4 is 7.75 Å². The predicted octanol–water partition coefficient (Wildman–Crippen LogP) is -1.07. The standard InChI is InChI=1S/C6H14NO4P/c1-6(2)5-7(3-4-11-6)12(8,9)10/h3-5H2,1-2H3,(H2,8,9,10)/p-2. The highest BCUT2D eigenvalue weighted by Gasteiger charge is 2.28. The van der Waals surface area contributed by atoms with E-state index in [4.69, 9.17) is 4.74 Å². The Kier molecular flexibility index (Phi) is 2.61. The molecule has 1 rings (SSSR count). The lowest BCUT2D eigenvalue weighted by molar-refractivity contribution is -0.332. The maximum Gasteiger partial charge on any atom is 0.0757 e. The molecule has 0 bridgehead atoms. The van der Waals surface area contributed by atoms with Gasteiger partial charge in [-0.1, -0.05) is 0 Å². The van der Waals surface area contributed by atoms with Crippen LogP contribution in [0.15, 0.2) is 0 Å². The fourth-order valence-corrected chi connectivity index (χ4v) is 2.04. The van der Waals surface area contributed by atoms with E-state index in [0.717, 1.165) is 4.67 Å². The van der Waals surface area contributed by atoms with E-state index < -0.39 is 13.3 Å². The third kappa shape index (κ3) is 2.54. The molecule has 0 unspecified atom stereocenters. The summed E-state index contributed by atoms with van der Waals surface area (Å²) in [4.78, 5) is 21.2. The first-order chi connectivity index (χ1) is 5.31. The lowest BCUT2D eigenvalue weighted by Gasteiger charge is -2.48. The van der Waals surface area contributed by atoms with Gasteiger partial charge in [-0.25, -0.2) is 0 Å². The minimum atomic E-state index is -4.57. The van der Waals surface area contributed by atoms with Crippen molar-refractivity contribution < 1.29 is 19.1 Å². The molecule has 12 heavy (non-hydrogen) atoms. The monoisotopic (exact) mass is 193 g/mol. The average Bonchev–Trinajstić information content (AvgIpc) is 1.83. The molecule has 1 fully saturated rings. The summed E-state index contributed by atoms with van der Waals surface area (Å²) in [5.74, 6) is 0. The molecule has 1 saturated heterocycles. The normalized spacial score (nSPS) is 25.7. The molecular weight excluding hydrogens is 181 g/mol. The van der Waals surface area contributed by atoms with Crippen LogP contribution in [-0.2, 0) is 9.30 Å². The lowest BCUT2D eigenvalue weighted by atomic mass is 10.1. The van der Waals surface area contributed by atoms with E-state index in [1.54, 1.807) is 13.8 Å². The van der Waals surface area contributed by atoms with Crippen molar-refractivity contribution in [1.29, 1.82) is 0 Å². The van der Waals surface area contributed by atoms with Gasteiger partial charge in [-0.2, -0.15) is 0 Å². The van der Waals surface area contributed by atoms with Gasteiger partial charge in [0.25, 0.3) is 0 Å². The number of nitrogens with zero attached hydrogens (tertiary/aromatic N) is 1. The molecule has 0 radical (unpaired) electrons. The summed E-state index contributed by atoms with van der Waals surface area (Å²) in [7, 11) is -4.57. The van der Waals surface area contributed by atoms with Crippen LogP contribution in [0.25, 0.3) is 0 Å². The molecule has 72 valence electrons. The minimum absolute atomic E-state index is 0.150. The Bertz CT molecular complexity index is 212. The second-order valence-electron chi connectivity index (χ2n) is 3.46. The molecule has 0 aromatic carbocycles. The van der Waals surface area contributed by atoms with Crippen LogP contribution in [0.2, 0.25) is 0 Å². The van der Waals surface area contributed by atoms with Gasteiger partial charge in [-0.3, -0.25) is 4.67 Å². The highest BCUT2D eigenvalue weighted by Crippen LogP contribution is 2.34. The Morgan fingerprint density at radius 2 is 2.08 bits per heavy atom. The fraction of sp³-hybridized carbons (Fsp3) is 1.00. The van der Waals surface area contributed by atoms with Gasteiger partial charge in [0, 0.05) is 20.8 Å². The molecule has 0 aliphatic carbocycles. The summed E-state index contributed by atoms with van der Waals surface area (Å²) in [6, 6.07) is 0. The zero-order chi connectivity index (χ0) is 9.41. The van der Waals surface area contributed by atoms with Gasteiger partial charge >= 0.3 is 0 Å². The van der Waals surface area contributed by atoms with Gasteiger partial charge < -0.3 is 19.1 Å². The van der Waals surface area contributed by atoms with Crippen molar-refractivity contribution in [3.8, 4) is 0 Å². The Labute approximate surface area is 71.5 Å². The van der Waals surface area contributed by atoms with Gasteiger partial charge in [0.1, 0.15) is 0 Å². The minimum Gasteiger partial charge on any atom is -0.799 e. The summed E-state index contributed by atoms with van der Waals surface area (Å²) < 4.78 is 16.8. The molecule has 0 aromatic rings. The van der Waals surface area contributed by atoms with Gasteiger partial charge in [-0.15, -0.1) is 0 Å². The summed E-state index contributed by atoms with van der Waals surface area (Å²) in [5.41, 5.74) is -0.539. The van der Waals surface area contributed by atoms with Crippen molar-refractivity contribution in [3.63, 3.8) is 0 Å². The van der Waals surface area contributed by atoms with Crippen LogP contribution in [0.5, 0.6) is 0 Å². The largest absolute Gasteiger partial charge is 0.799 e. The molecule has 0 N–H and O–H groups in total. The molecule has 5 nitrogen and oxygen atoms in total. The lowest BCUT2D eigenvalue weighted by Crippen LogP contribution is -2.49. The Morgan fingerprint density at radius 1 is 1.50 bits per heavy atom. The SMILES string of the molecule is CC1(C)CN(P(=O)([O-])[O-])CCO1. The molecule has 1 heterocycles. The van der Waals surface area contributed by atoms with Crippen LogP contribution >= 0.6 is 7.75 Å². The summed E-state index contributed by atoms with van der Waals surface area (Å²) >= 11 is 0. The summed E-state index contributed by atoms with van der Waals surface area (Å²) in [5, 5.41) is 0. The number of ether oxygens (including phenoxy) is 1. The van der Waals surface area contributed by atoms with Crippen LogP contribution in [0.3, 0.4) is 0 Å². The number of morpholine rings is 1. The van der Waals surface area contributed by atoms with E-state index in [0.29, 0.717) is 6.61 Å². The second kappa shape index (κ2) is 3.09. The molecular formula is C6H12NO4P-2. The molecule has 1 aliphatic heterocycles. The zero-order valence-electron chi connectivity index (χ0n) is 7.15. The Balaban J connectivity index is 2.65. The van der Waals surface area contributed by atoms with Crippen LogP contribution in [0.4, 0.5) is 0 Å². The van der Waals surface area contributed by atoms with E-state index >= 15 is 0 Å². The van der Waals surface area contributed by atoms with Gasteiger partial charge in [0.2, 0.25) is 0 Å². The Hall–Kier alpha value is 0.0700.